The standard InChI is InChI=1S/C15H16N2S2/c1-10-5-3-6-11(9-10)17-12-7-4-8-13(19-2)14(12)15(16)18/h3-9,17H,1-2H3,(H2,16,18). The lowest BCUT2D eigenvalue weighted by molar-refractivity contribution is 1.39. The molecule has 0 radical (unpaired) electrons. The number of aryl methyl sites for hydroxylation is 1. The largest absolute Gasteiger partial charge is 0.389 e. The van der Waals surface area contributed by atoms with E-state index in [2.05, 4.69) is 24.4 Å². The molecule has 0 aliphatic rings. The average molecular weight is 288 g/mol. The average Bonchev–Trinajstić information content (AvgIpc) is 2.38. The van der Waals surface area contributed by atoms with Gasteiger partial charge in [0, 0.05) is 21.8 Å². The highest BCUT2D eigenvalue weighted by atomic mass is 32.2. The Morgan fingerprint density at radius 3 is 2.58 bits per heavy atom. The Balaban J connectivity index is 2.42. The predicted molar refractivity (Wildman–Crippen MR) is 88.6 cm³/mol. The summed E-state index contributed by atoms with van der Waals surface area (Å²) < 4.78 is 0. The lowest BCUT2D eigenvalue weighted by Gasteiger charge is -2.14. The summed E-state index contributed by atoms with van der Waals surface area (Å²) in [5.74, 6) is 0. The molecule has 2 rings (SSSR count). The molecule has 98 valence electrons. The quantitative estimate of drug-likeness (QED) is 0.656. The molecular formula is C15H16N2S2. The third-order valence-corrected chi connectivity index (χ3v) is 3.77. The second kappa shape index (κ2) is 6.08. The molecule has 3 N–H and O–H groups in total. The summed E-state index contributed by atoms with van der Waals surface area (Å²) in [6, 6.07) is 14.2. The van der Waals surface area contributed by atoms with E-state index in [1.165, 1.54) is 5.56 Å². The fraction of sp³-hybridized carbons (Fsp3) is 0.133. The van der Waals surface area contributed by atoms with Gasteiger partial charge < -0.3 is 11.1 Å². The van der Waals surface area contributed by atoms with Gasteiger partial charge in [-0.3, -0.25) is 0 Å². The van der Waals surface area contributed by atoms with Gasteiger partial charge in [0.15, 0.2) is 0 Å². The number of nitrogens with one attached hydrogen (secondary N) is 1. The number of anilines is 2. The van der Waals surface area contributed by atoms with Crippen molar-refractivity contribution in [3.05, 3.63) is 53.6 Å². The second-order valence-electron chi connectivity index (χ2n) is 4.24. The maximum atomic E-state index is 5.85. The molecule has 0 unspecified atom stereocenters. The van der Waals surface area contributed by atoms with E-state index in [0.29, 0.717) is 4.99 Å². The molecule has 0 heterocycles. The van der Waals surface area contributed by atoms with E-state index in [1.807, 2.05) is 36.6 Å². The number of hydrogen-bond acceptors (Lipinski definition) is 3. The number of rotatable bonds is 4. The van der Waals surface area contributed by atoms with Crippen molar-refractivity contribution >= 4 is 40.3 Å². The molecule has 0 aromatic heterocycles. The lowest BCUT2D eigenvalue weighted by Crippen LogP contribution is -2.13. The van der Waals surface area contributed by atoms with Gasteiger partial charge in [-0.05, 0) is 43.0 Å². The van der Waals surface area contributed by atoms with Crippen molar-refractivity contribution in [2.45, 2.75) is 11.8 Å². The highest BCUT2D eigenvalue weighted by Gasteiger charge is 2.10. The number of hydrogen-bond donors (Lipinski definition) is 2. The number of nitrogens with two attached hydrogens (primary N) is 1. The molecule has 0 bridgehead atoms. The monoisotopic (exact) mass is 288 g/mol. The zero-order valence-electron chi connectivity index (χ0n) is 10.9. The highest BCUT2D eigenvalue weighted by molar-refractivity contribution is 7.98. The Morgan fingerprint density at radius 2 is 1.95 bits per heavy atom. The molecule has 2 nitrogen and oxygen atoms in total. The fourth-order valence-corrected chi connectivity index (χ4v) is 2.86. The van der Waals surface area contributed by atoms with E-state index in [9.17, 15) is 0 Å². The van der Waals surface area contributed by atoms with Crippen molar-refractivity contribution in [2.75, 3.05) is 11.6 Å². The van der Waals surface area contributed by atoms with Gasteiger partial charge in [-0.15, -0.1) is 11.8 Å². The van der Waals surface area contributed by atoms with Crippen molar-refractivity contribution < 1.29 is 0 Å². The van der Waals surface area contributed by atoms with Crippen LogP contribution in [-0.4, -0.2) is 11.2 Å². The maximum Gasteiger partial charge on any atom is 0.107 e. The first-order chi connectivity index (χ1) is 9.11. The topological polar surface area (TPSA) is 38.0 Å². The minimum Gasteiger partial charge on any atom is -0.389 e. The van der Waals surface area contributed by atoms with Crippen molar-refractivity contribution in [1.82, 2.24) is 0 Å². The SMILES string of the molecule is CSc1cccc(Nc2cccc(C)c2)c1C(N)=S. The van der Waals surface area contributed by atoms with E-state index >= 15 is 0 Å². The molecule has 0 saturated carbocycles. The molecule has 0 fully saturated rings. The molecule has 0 atom stereocenters. The van der Waals surface area contributed by atoms with Crippen molar-refractivity contribution in [1.29, 1.82) is 0 Å². The molecule has 2 aromatic carbocycles. The molecule has 0 amide bonds. The van der Waals surface area contributed by atoms with Crippen LogP contribution in [0.5, 0.6) is 0 Å². The summed E-state index contributed by atoms with van der Waals surface area (Å²) in [4.78, 5) is 1.50. The van der Waals surface area contributed by atoms with Crippen LogP contribution >= 0.6 is 24.0 Å². The Labute approximate surface area is 123 Å². The van der Waals surface area contributed by atoms with Gasteiger partial charge in [0.25, 0.3) is 0 Å². The van der Waals surface area contributed by atoms with Crippen LogP contribution in [0.2, 0.25) is 0 Å². The minimum absolute atomic E-state index is 0.417. The van der Waals surface area contributed by atoms with Gasteiger partial charge in [0.1, 0.15) is 4.99 Å². The first kappa shape index (κ1) is 13.9. The Bertz CT molecular complexity index is 609. The number of thioether (sulfide) groups is 1. The first-order valence-corrected chi connectivity index (χ1v) is 7.55. The minimum atomic E-state index is 0.417. The number of benzene rings is 2. The van der Waals surface area contributed by atoms with E-state index in [4.69, 9.17) is 18.0 Å². The third kappa shape index (κ3) is 3.28. The van der Waals surface area contributed by atoms with Crippen molar-refractivity contribution in [3.63, 3.8) is 0 Å². The van der Waals surface area contributed by atoms with Gasteiger partial charge in [0.05, 0.1) is 0 Å². The summed E-state index contributed by atoms with van der Waals surface area (Å²) in [6.45, 7) is 2.07. The molecule has 2 aromatic rings. The summed E-state index contributed by atoms with van der Waals surface area (Å²) in [6.07, 6.45) is 2.02. The van der Waals surface area contributed by atoms with E-state index in [0.717, 1.165) is 21.8 Å². The second-order valence-corrected chi connectivity index (χ2v) is 5.53. The van der Waals surface area contributed by atoms with Crippen molar-refractivity contribution in [2.24, 2.45) is 5.73 Å². The van der Waals surface area contributed by atoms with Crippen LogP contribution < -0.4 is 11.1 Å². The van der Waals surface area contributed by atoms with Crippen LogP contribution in [0.15, 0.2) is 47.4 Å². The van der Waals surface area contributed by atoms with Crippen LogP contribution in [0, 0.1) is 6.92 Å². The van der Waals surface area contributed by atoms with Crippen LogP contribution in [0.3, 0.4) is 0 Å². The molecule has 0 spiro atoms. The van der Waals surface area contributed by atoms with E-state index in [1.54, 1.807) is 11.8 Å². The predicted octanol–water partition coefficient (Wildman–Crippen LogP) is 4.09. The molecular weight excluding hydrogens is 272 g/mol. The zero-order chi connectivity index (χ0) is 13.8. The van der Waals surface area contributed by atoms with Gasteiger partial charge in [-0.1, -0.05) is 30.4 Å². The van der Waals surface area contributed by atoms with Gasteiger partial charge in [-0.25, -0.2) is 0 Å². The molecule has 0 aliphatic carbocycles. The summed E-state index contributed by atoms with van der Waals surface area (Å²) in [5, 5.41) is 3.39. The summed E-state index contributed by atoms with van der Waals surface area (Å²) in [5.41, 5.74) is 9.96. The van der Waals surface area contributed by atoms with Gasteiger partial charge in [-0.2, -0.15) is 0 Å². The maximum absolute atomic E-state index is 5.85. The summed E-state index contributed by atoms with van der Waals surface area (Å²) >= 11 is 6.81. The fourth-order valence-electron chi connectivity index (χ4n) is 1.94. The van der Waals surface area contributed by atoms with Crippen LogP contribution in [0.4, 0.5) is 11.4 Å². The first-order valence-electron chi connectivity index (χ1n) is 5.92. The summed E-state index contributed by atoms with van der Waals surface area (Å²) in [7, 11) is 0. The van der Waals surface area contributed by atoms with Gasteiger partial charge >= 0.3 is 0 Å². The molecule has 19 heavy (non-hydrogen) atoms. The van der Waals surface area contributed by atoms with Crippen molar-refractivity contribution in [3.8, 4) is 0 Å². The Hall–Kier alpha value is -1.52. The molecule has 4 heteroatoms. The number of thiocarbonyl (C=S) groups is 1. The smallest absolute Gasteiger partial charge is 0.107 e. The van der Waals surface area contributed by atoms with Crippen LogP contribution in [0.1, 0.15) is 11.1 Å². The lowest BCUT2D eigenvalue weighted by atomic mass is 10.1. The third-order valence-electron chi connectivity index (χ3n) is 2.79. The zero-order valence-corrected chi connectivity index (χ0v) is 12.6. The van der Waals surface area contributed by atoms with E-state index < -0.39 is 0 Å². The van der Waals surface area contributed by atoms with E-state index in [-0.39, 0.29) is 0 Å². The highest BCUT2D eigenvalue weighted by Crippen LogP contribution is 2.29. The Kier molecular flexibility index (Phi) is 4.45. The van der Waals surface area contributed by atoms with Crippen LogP contribution in [-0.2, 0) is 0 Å². The molecule has 0 aliphatic heterocycles. The Morgan fingerprint density at radius 1 is 1.21 bits per heavy atom. The van der Waals surface area contributed by atoms with Gasteiger partial charge in [0.2, 0.25) is 0 Å². The molecule has 0 saturated heterocycles. The van der Waals surface area contributed by atoms with Crippen LogP contribution in [0.25, 0.3) is 0 Å². The normalized spacial score (nSPS) is 10.2.